The minimum absolute atomic E-state index is 0.359. The number of aryl methyl sites for hydroxylation is 3. The van der Waals surface area contributed by atoms with Gasteiger partial charge in [0.1, 0.15) is 18.0 Å². The Kier molecular flexibility index (Phi) is 5.99. The molecule has 5 nitrogen and oxygen atoms in total. The van der Waals surface area contributed by atoms with E-state index in [0.29, 0.717) is 6.61 Å². The topological polar surface area (TPSA) is 50.5 Å². The maximum atomic E-state index is 10.8. The number of aromatic nitrogens is 2. The number of aliphatic hydroxyl groups is 1. The summed E-state index contributed by atoms with van der Waals surface area (Å²) in [4.78, 5) is 2.39. The fraction of sp³-hybridized carbons (Fsp3) is 0.571. The second kappa shape index (κ2) is 8.23. The summed E-state index contributed by atoms with van der Waals surface area (Å²) in [6.45, 7) is 10.3. The Morgan fingerprint density at radius 3 is 2.65 bits per heavy atom. The van der Waals surface area contributed by atoms with Crippen molar-refractivity contribution in [2.24, 2.45) is 0 Å². The van der Waals surface area contributed by atoms with Crippen LogP contribution in [0.25, 0.3) is 0 Å². The van der Waals surface area contributed by atoms with E-state index in [1.165, 1.54) is 16.7 Å². The lowest BCUT2D eigenvalue weighted by Crippen LogP contribution is -2.47. The molecule has 1 saturated heterocycles. The van der Waals surface area contributed by atoms with Gasteiger partial charge in [-0.15, -0.1) is 0 Å². The third kappa shape index (κ3) is 4.86. The molecule has 2 heterocycles. The van der Waals surface area contributed by atoms with Gasteiger partial charge in [-0.25, -0.2) is 0 Å². The number of ether oxygens (including phenoxy) is 1. The van der Waals surface area contributed by atoms with E-state index in [9.17, 15) is 5.11 Å². The van der Waals surface area contributed by atoms with Crippen LogP contribution in [0.4, 0.5) is 0 Å². The molecule has 1 aromatic carbocycles. The van der Waals surface area contributed by atoms with Crippen molar-refractivity contribution in [3.63, 3.8) is 0 Å². The summed E-state index contributed by atoms with van der Waals surface area (Å²) >= 11 is 0. The third-order valence-electron chi connectivity index (χ3n) is 5.32. The lowest BCUT2D eigenvalue weighted by atomic mass is 9.92. The largest absolute Gasteiger partial charge is 0.491 e. The molecular weight excluding hydrogens is 326 g/mol. The minimum Gasteiger partial charge on any atom is -0.491 e. The van der Waals surface area contributed by atoms with Gasteiger partial charge >= 0.3 is 0 Å². The van der Waals surface area contributed by atoms with Crippen LogP contribution >= 0.6 is 0 Å². The van der Waals surface area contributed by atoms with E-state index >= 15 is 0 Å². The van der Waals surface area contributed by atoms with Crippen molar-refractivity contribution in [2.45, 2.75) is 58.7 Å². The van der Waals surface area contributed by atoms with Crippen LogP contribution in [0.15, 0.2) is 30.6 Å². The van der Waals surface area contributed by atoms with Gasteiger partial charge in [0.2, 0.25) is 0 Å². The first-order valence-corrected chi connectivity index (χ1v) is 9.63. The number of hydrogen-bond donors (Lipinski definition) is 1. The molecule has 26 heavy (non-hydrogen) atoms. The molecule has 0 saturated carbocycles. The predicted octanol–water partition coefficient (Wildman–Crippen LogP) is 3.32. The lowest BCUT2D eigenvalue weighted by Gasteiger charge is -2.37. The van der Waals surface area contributed by atoms with E-state index in [1.54, 1.807) is 0 Å². The van der Waals surface area contributed by atoms with Crippen molar-refractivity contribution >= 4 is 0 Å². The van der Waals surface area contributed by atoms with Crippen LogP contribution in [0, 0.1) is 13.8 Å². The number of benzene rings is 1. The molecule has 0 spiro atoms. The van der Waals surface area contributed by atoms with E-state index < -0.39 is 5.60 Å². The Labute approximate surface area is 156 Å². The molecule has 0 radical (unpaired) electrons. The molecule has 0 bridgehead atoms. The number of rotatable bonds is 7. The number of likely N-dealkylation sites (tertiary alicyclic amines) is 1. The molecule has 0 amide bonds. The van der Waals surface area contributed by atoms with Gasteiger partial charge < -0.3 is 9.84 Å². The molecule has 1 aromatic heterocycles. The van der Waals surface area contributed by atoms with Gasteiger partial charge in [0.05, 0.1) is 6.20 Å². The molecule has 0 aliphatic carbocycles. The molecule has 3 rings (SSSR count). The Bertz CT molecular complexity index is 718. The molecular formula is C21H31N3O2. The average Bonchev–Trinajstić information content (AvgIpc) is 3.06. The van der Waals surface area contributed by atoms with Crippen LogP contribution in [0.3, 0.4) is 0 Å². The highest BCUT2D eigenvalue weighted by atomic mass is 16.5. The molecule has 2 aromatic rings. The Morgan fingerprint density at radius 1 is 1.19 bits per heavy atom. The lowest BCUT2D eigenvalue weighted by molar-refractivity contribution is -0.0537. The van der Waals surface area contributed by atoms with E-state index in [-0.39, 0.29) is 0 Å². The van der Waals surface area contributed by atoms with Crippen LogP contribution in [0.2, 0.25) is 0 Å². The Balaban J connectivity index is 1.47. The molecule has 1 aliphatic rings. The van der Waals surface area contributed by atoms with E-state index in [0.717, 1.165) is 51.2 Å². The van der Waals surface area contributed by atoms with Crippen molar-refractivity contribution in [3.05, 3.63) is 47.3 Å². The second-order valence-electron chi connectivity index (χ2n) is 7.65. The van der Waals surface area contributed by atoms with Gasteiger partial charge in [0.25, 0.3) is 0 Å². The normalized spacial score (nSPS) is 17.4. The Morgan fingerprint density at radius 2 is 1.96 bits per heavy atom. The summed E-state index contributed by atoms with van der Waals surface area (Å²) in [7, 11) is 0. The zero-order valence-electron chi connectivity index (χ0n) is 16.2. The highest BCUT2D eigenvalue weighted by Crippen LogP contribution is 2.25. The first-order chi connectivity index (χ1) is 12.5. The number of piperidine rings is 1. The van der Waals surface area contributed by atoms with Crippen LogP contribution < -0.4 is 4.74 Å². The van der Waals surface area contributed by atoms with E-state index in [1.807, 2.05) is 23.0 Å². The van der Waals surface area contributed by atoms with Crippen LogP contribution in [0.5, 0.6) is 5.75 Å². The van der Waals surface area contributed by atoms with Gasteiger partial charge in [-0.1, -0.05) is 13.0 Å². The monoisotopic (exact) mass is 357 g/mol. The average molecular weight is 357 g/mol. The smallest absolute Gasteiger partial charge is 0.119 e. The summed E-state index contributed by atoms with van der Waals surface area (Å²) in [6, 6.07) is 6.09. The van der Waals surface area contributed by atoms with Crippen LogP contribution in [-0.4, -0.2) is 45.1 Å². The number of hydrogen-bond acceptors (Lipinski definition) is 4. The summed E-state index contributed by atoms with van der Waals surface area (Å²) in [5, 5.41) is 15.2. The summed E-state index contributed by atoms with van der Waals surface area (Å²) in [6.07, 6.45) is 6.66. The second-order valence-corrected chi connectivity index (χ2v) is 7.65. The zero-order chi connectivity index (χ0) is 18.6. The zero-order valence-corrected chi connectivity index (χ0v) is 16.2. The molecule has 1 N–H and O–H groups in total. The fourth-order valence-electron chi connectivity index (χ4n) is 3.39. The summed E-state index contributed by atoms with van der Waals surface area (Å²) < 4.78 is 7.89. The van der Waals surface area contributed by atoms with Crippen molar-refractivity contribution in [1.82, 2.24) is 14.7 Å². The van der Waals surface area contributed by atoms with E-state index in [4.69, 9.17) is 4.74 Å². The molecule has 5 heteroatoms. The first-order valence-electron chi connectivity index (χ1n) is 9.63. The highest BCUT2D eigenvalue weighted by Gasteiger charge is 2.33. The van der Waals surface area contributed by atoms with Crippen molar-refractivity contribution < 1.29 is 9.84 Å². The molecule has 142 valence electrons. The molecule has 1 fully saturated rings. The predicted molar refractivity (Wildman–Crippen MR) is 103 cm³/mol. The third-order valence-corrected chi connectivity index (χ3v) is 5.32. The van der Waals surface area contributed by atoms with Gasteiger partial charge in [-0.3, -0.25) is 9.58 Å². The Hall–Kier alpha value is -1.85. The fourth-order valence-corrected chi connectivity index (χ4v) is 3.39. The summed E-state index contributed by atoms with van der Waals surface area (Å²) in [5.74, 6) is 0.840. The minimum atomic E-state index is -0.734. The molecule has 1 aliphatic heterocycles. The SMILES string of the molecule is CCCn1cc(CN2CCC(O)(COc3ccc(C)c(C)c3)CC2)cn1. The highest BCUT2D eigenvalue weighted by molar-refractivity contribution is 5.33. The summed E-state index contributed by atoms with van der Waals surface area (Å²) in [5.41, 5.74) is 2.98. The van der Waals surface area contributed by atoms with Gasteiger partial charge in [-0.05, 0) is 56.4 Å². The van der Waals surface area contributed by atoms with Gasteiger partial charge in [0, 0.05) is 37.9 Å². The number of nitrogens with zero attached hydrogens (tertiary/aromatic N) is 3. The maximum Gasteiger partial charge on any atom is 0.119 e. The van der Waals surface area contributed by atoms with Crippen molar-refractivity contribution in [1.29, 1.82) is 0 Å². The standard InChI is InChI=1S/C21H31N3O2/c1-4-9-24-15-19(13-22-24)14-23-10-7-21(25,8-11-23)16-26-20-6-5-17(2)18(3)12-20/h5-6,12-13,15,25H,4,7-11,14,16H2,1-3H3. The molecule has 0 atom stereocenters. The maximum absolute atomic E-state index is 10.8. The van der Waals surface area contributed by atoms with Crippen LogP contribution in [-0.2, 0) is 13.1 Å². The first kappa shape index (κ1) is 18.9. The van der Waals surface area contributed by atoms with E-state index in [2.05, 4.69) is 43.0 Å². The van der Waals surface area contributed by atoms with Gasteiger partial charge in [0.15, 0.2) is 0 Å². The van der Waals surface area contributed by atoms with Crippen molar-refractivity contribution in [2.75, 3.05) is 19.7 Å². The van der Waals surface area contributed by atoms with Gasteiger partial charge in [-0.2, -0.15) is 5.10 Å². The quantitative estimate of drug-likeness (QED) is 0.826. The van der Waals surface area contributed by atoms with Crippen LogP contribution in [0.1, 0.15) is 42.9 Å². The molecule has 0 unspecified atom stereocenters. The van der Waals surface area contributed by atoms with Crippen molar-refractivity contribution in [3.8, 4) is 5.75 Å².